The van der Waals surface area contributed by atoms with Crippen LogP contribution in [0.3, 0.4) is 0 Å². The second kappa shape index (κ2) is 7.66. The molecule has 0 aliphatic rings. The molecule has 1 heterocycles. The lowest BCUT2D eigenvalue weighted by molar-refractivity contribution is 0.574. The van der Waals surface area contributed by atoms with E-state index in [-0.39, 0.29) is 0 Å². The van der Waals surface area contributed by atoms with Crippen molar-refractivity contribution < 1.29 is 0 Å². The van der Waals surface area contributed by atoms with Gasteiger partial charge in [0.1, 0.15) is 0 Å². The third kappa shape index (κ3) is 4.35. The standard InChI is InChI=1S/C17H25N3S/c1-5-8-18-16(12-21-17-19-9-10-20(17)4)15-7-6-13(2)11-14(15)3/h6-7,9-11,16,18H,5,8,12H2,1-4H3. The van der Waals surface area contributed by atoms with Gasteiger partial charge in [-0.05, 0) is 37.9 Å². The maximum atomic E-state index is 4.40. The molecule has 0 saturated carbocycles. The molecule has 1 N–H and O–H groups in total. The van der Waals surface area contributed by atoms with Crippen LogP contribution in [0.15, 0.2) is 35.7 Å². The lowest BCUT2D eigenvalue weighted by atomic mass is 10.00. The van der Waals surface area contributed by atoms with Gasteiger partial charge in [-0.1, -0.05) is 42.4 Å². The van der Waals surface area contributed by atoms with Crippen molar-refractivity contribution in [1.29, 1.82) is 0 Å². The van der Waals surface area contributed by atoms with Crippen LogP contribution in [0.5, 0.6) is 0 Å². The number of nitrogens with zero attached hydrogens (tertiary/aromatic N) is 2. The predicted octanol–water partition coefficient (Wildman–Crippen LogP) is 3.87. The highest BCUT2D eigenvalue weighted by molar-refractivity contribution is 7.99. The van der Waals surface area contributed by atoms with Crippen LogP contribution in [0.2, 0.25) is 0 Å². The van der Waals surface area contributed by atoms with Gasteiger partial charge in [-0.2, -0.15) is 0 Å². The first-order valence-corrected chi connectivity index (χ1v) is 8.51. The number of aryl methyl sites for hydroxylation is 3. The van der Waals surface area contributed by atoms with Gasteiger partial charge in [0, 0.05) is 31.2 Å². The lowest BCUT2D eigenvalue weighted by Gasteiger charge is -2.21. The Morgan fingerprint density at radius 2 is 2.14 bits per heavy atom. The van der Waals surface area contributed by atoms with Crippen molar-refractivity contribution in [3.63, 3.8) is 0 Å². The Kier molecular flexibility index (Phi) is 5.88. The first kappa shape index (κ1) is 16.1. The summed E-state index contributed by atoms with van der Waals surface area (Å²) in [5.74, 6) is 0.995. The van der Waals surface area contributed by atoms with Crippen molar-refractivity contribution >= 4 is 11.8 Å². The number of aromatic nitrogens is 2. The minimum absolute atomic E-state index is 0.368. The number of thioether (sulfide) groups is 1. The van der Waals surface area contributed by atoms with Crippen molar-refractivity contribution in [2.24, 2.45) is 7.05 Å². The van der Waals surface area contributed by atoms with Crippen LogP contribution in [0, 0.1) is 13.8 Å². The van der Waals surface area contributed by atoms with E-state index in [0.29, 0.717) is 6.04 Å². The number of hydrogen-bond acceptors (Lipinski definition) is 3. The Hall–Kier alpha value is -1.26. The summed E-state index contributed by atoms with van der Waals surface area (Å²) in [6.07, 6.45) is 5.00. The first-order chi connectivity index (χ1) is 10.1. The maximum absolute atomic E-state index is 4.40. The fourth-order valence-corrected chi connectivity index (χ4v) is 3.46. The summed E-state index contributed by atoms with van der Waals surface area (Å²) in [5, 5.41) is 4.74. The normalized spacial score (nSPS) is 12.6. The molecule has 0 amide bonds. The number of benzene rings is 1. The number of rotatable bonds is 7. The molecule has 3 nitrogen and oxygen atoms in total. The van der Waals surface area contributed by atoms with Crippen molar-refractivity contribution in [2.45, 2.75) is 38.4 Å². The second-order valence-corrected chi connectivity index (χ2v) is 6.49. The summed E-state index contributed by atoms with van der Waals surface area (Å²) >= 11 is 1.81. The smallest absolute Gasteiger partial charge is 0.167 e. The fraction of sp³-hybridized carbons (Fsp3) is 0.471. The molecule has 1 atom stereocenters. The minimum Gasteiger partial charge on any atom is -0.329 e. The highest BCUT2D eigenvalue weighted by Crippen LogP contribution is 2.26. The molecule has 4 heteroatoms. The van der Waals surface area contributed by atoms with Crippen molar-refractivity contribution in [3.05, 3.63) is 47.3 Å². The van der Waals surface area contributed by atoms with E-state index >= 15 is 0 Å². The van der Waals surface area contributed by atoms with Gasteiger partial charge in [0.25, 0.3) is 0 Å². The van der Waals surface area contributed by atoms with Gasteiger partial charge < -0.3 is 9.88 Å². The highest BCUT2D eigenvalue weighted by atomic mass is 32.2. The molecule has 0 bridgehead atoms. The average molecular weight is 303 g/mol. The van der Waals surface area contributed by atoms with Crippen LogP contribution in [0.1, 0.15) is 36.1 Å². The van der Waals surface area contributed by atoms with Crippen LogP contribution < -0.4 is 5.32 Å². The zero-order valence-corrected chi connectivity index (χ0v) is 14.2. The van der Waals surface area contributed by atoms with Gasteiger partial charge in [-0.3, -0.25) is 0 Å². The van der Waals surface area contributed by atoms with E-state index in [9.17, 15) is 0 Å². The highest BCUT2D eigenvalue weighted by Gasteiger charge is 2.14. The molecule has 2 aromatic rings. The molecular formula is C17H25N3S. The molecule has 1 aromatic heterocycles. The topological polar surface area (TPSA) is 29.9 Å². The lowest BCUT2D eigenvalue weighted by Crippen LogP contribution is -2.25. The molecule has 0 aliphatic heterocycles. The summed E-state index contributed by atoms with van der Waals surface area (Å²) in [6, 6.07) is 7.10. The molecule has 0 spiro atoms. The summed E-state index contributed by atoms with van der Waals surface area (Å²) < 4.78 is 2.07. The van der Waals surface area contributed by atoms with Crippen LogP contribution in [-0.4, -0.2) is 21.8 Å². The monoisotopic (exact) mass is 303 g/mol. The van der Waals surface area contributed by atoms with E-state index in [0.717, 1.165) is 23.9 Å². The summed E-state index contributed by atoms with van der Waals surface area (Å²) in [5.41, 5.74) is 4.09. The Morgan fingerprint density at radius 3 is 2.76 bits per heavy atom. The van der Waals surface area contributed by atoms with E-state index < -0.39 is 0 Å². The largest absolute Gasteiger partial charge is 0.329 e. The quantitative estimate of drug-likeness (QED) is 0.788. The molecule has 1 unspecified atom stereocenters. The van der Waals surface area contributed by atoms with Gasteiger partial charge in [0.05, 0.1) is 0 Å². The molecule has 0 fully saturated rings. The SMILES string of the molecule is CCCNC(CSc1nccn1C)c1ccc(C)cc1C. The Bertz CT molecular complexity index is 577. The Balaban J connectivity index is 2.12. The Morgan fingerprint density at radius 1 is 1.33 bits per heavy atom. The van der Waals surface area contributed by atoms with Gasteiger partial charge in [0.15, 0.2) is 5.16 Å². The minimum atomic E-state index is 0.368. The van der Waals surface area contributed by atoms with E-state index in [1.807, 2.05) is 31.2 Å². The van der Waals surface area contributed by atoms with Gasteiger partial charge >= 0.3 is 0 Å². The van der Waals surface area contributed by atoms with E-state index in [1.165, 1.54) is 16.7 Å². The second-order valence-electron chi connectivity index (χ2n) is 5.50. The molecular weight excluding hydrogens is 278 g/mol. The van der Waals surface area contributed by atoms with Gasteiger partial charge in [0.2, 0.25) is 0 Å². The predicted molar refractivity (Wildman–Crippen MR) is 90.9 cm³/mol. The van der Waals surface area contributed by atoms with E-state index in [4.69, 9.17) is 0 Å². The maximum Gasteiger partial charge on any atom is 0.167 e. The molecule has 114 valence electrons. The average Bonchev–Trinajstić information content (AvgIpc) is 2.85. The third-order valence-electron chi connectivity index (χ3n) is 3.60. The molecule has 2 rings (SSSR count). The molecule has 0 aliphatic carbocycles. The first-order valence-electron chi connectivity index (χ1n) is 7.52. The van der Waals surface area contributed by atoms with E-state index in [2.05, 4.69) is 53.8 Å². The summed E-state index contributed by atoms with van der Waals surface area (Å²) in [6.45, 7) is 7.60. The van der Waals surface area contributed by atoms with Crippen molar-refractivity contribution in [1.82, 2.24) is 14.9 Å². The number of imidazole rings is 1. The van der Waals surface area contributed by atoms with Crippen LogP contribution >= 0.6 is 11.8 Å². The molecule has 0 saturated heterocycles. The summed E-state index contributed by atoms with van der Waals surface area (Å²) in [4.78, 5) is 4.40. The molecule has 1 aromatic carbocycles. The zero-order chi connectivity index (χ0) is 15.2. The van der Waals surface area contributed by atoms with Crippen LogP contribution in [0.25, 0.3) is 0 Å². The molecule has 0 radical (unpaired) electrons. The third-order valence-corrected chi connectivity index (χ3v) is 4.75. The van der Waals surface area contributed by atoms with Crippen molar-refractivity contribution in [3.8, 4) is 0 Å². The Labute approximate surface area is 132 Å². The zero-order valence-electron chi connectivity index (χ0n) is 13.4. The molecule has 21 heavy (non-hydrogen) atoms. The fourth-order valence-electron chi connectivity index (χ4n) is 2.44. The van der Waals surface area contributed by atoms with Gasteiger partial charge in [-0.15, -0.1) is 0 Å². The summed E-state index contributed by atoms with van der Waals surface area (Å²) in [7, 11) is 2.04. The number of nitrogens with one attached hydrogen (secondary N) is 1. The number of hydrogen-bond donors (Lipinski definition) is 1. The van der Waals surface area contributed by atoms with Crippen molar-refractivity contribution in [2.75, 3.05) is 12.3 Å². The van der Waals surface area contributed by atoms with Crippen LogP contribution in [0.4, 0.5) is 0 Å². The van der Waals surface area contributed by atoms with Crippen LogP contribution in [-0.2, 0) is 7.05 Å². The van der Waals surface area contributed by atoms with Gasteiger partial charge in [-0.25, -0.2) is 4.98 Å². The van der Waals surface area contributed by atoms with E-state index in [1.54, 1.807) is 0 Å².